The van der Waals surface area contributed by atoms with Gasteiger partial charge in [0, 0.05) is 29.7 Å². The normalized spacial score (nSPS) is 21.7. The van der Waals surface area contributed by atoms with E-state index in [0.29, 0.717) is 11.9 Å². The monoisotopic (exact) mass is 224 g/mol. The highest BCUT2D eigenvalue weighted by atomic mass is 32.2. The zero-order valence-corrected chi connectivity index (χ0v) is 9.92. The molecule has 0 radical (unpaired) electrons. The number of nitrogen functional groups attached to an aromatic ring is 1. The summed E-state index contributed by atoms with van der Waals surface area (Å²) in [5.74, 6) is 3.90. The first kappa shape index (κ1) is 10.5. The van der Waals surface area contributed by atoms with Crippen LogP contribution in [0.4, 0.5) is 11.6 Å². The summed E-state index contributed by atoms with van der Waals surface area (Å²) in [6, 6.07) is 0.525. The molecule has 0 saturated carbocycles. The second-order valence-electron chi connectivity index (χ2n) is 3.82. The molecular weight excluding hydrogens is 208 g/mol. The highest BCUT2D eigenvalue weighted by Crippen LogP contribution is 2.26. The van der Waals surface area contributed by atoms with E-state index in [1.165, 1.54) is 0 Å². The van der Waals surface area contributed by atoms with E-state index in [1.54, 1.807) is 6.33 Å². The van der Waals surface area contributed by atoms with Crippen LogP contribution in [0.2, 0.25) is 0 Å². The molecule has 2 heterocycles. The predicted molar refractivity (Wildman–Crippen MR) is 65.3 cm³/mol. The van der Waals surface area contributed by atoms with Crippen LogP contribution in [0.3, 0.4) is 0 Å². The molecule has 15 heavy (non-hydrogen) atoms. The largest absolute Gasteiger partial charge is 0.383 e. The Morgan fingerprint density at radius 1 is 1.53 bits per heavy atom. The van der Waals surface area contributed by atoms with Gasteiger partial charge in [-0.1, -0.05) is 0 Å². The number of hydrogen-bond donors (Lipinski definition) is 1. The van der Waals surface area contributed by atoms with Gasteiger partial charge in [-0.05, 0) is 13.8 Å². The van der Waals surface area contributed by atoms with E-state index >= 15 is 0 Å². The Bertz CT molecular complexity index is 355. The van der Waals surface area contributed by atoms with Gasteiger partial charge in [-0.25, -0.2) is 9.97 Å². The lowest BCUT2D eigenvalue weighted by atomic mass is 10.2. The van der Waals surface area contributed by atoms with Gasteiger partial charge in [-0.2, -0.15) is 11.8 Å². The van der Waals surface area contributed by atoms with Crippen molar-refractivity contribution < 1.29 is 0 Å². The molecule has 0 aromatic carbocycles. The van der Waals surface area contributed by atoms with Crippen LogP contribution < -0.4 is 10.6 Å². The highest BCUT2D eigenvalue weighted by molar-refractivity contribution is 7.99. The molecule has 2 N–H and O–H groups in total. The topological polar surface area (TPSA) is 55.0 Å². The van der Waals surface area contributed by atoms with Crippen molar-refractivity contribution in [2.75, 3.05) is 28.7 Å². The summed E-state index contributed by atoms with van der Waals surface area (Å²) in [5.41, 5.74) is 6.79. The van der Waals surface area contributed by atoms with E-state index in [2.05, 4.69) is 21.8 Å². The zero-order valence-electron chi connectivity index (χ0n) is 9.10. The molecule has 0 bridgehead atoms. The van der Waals surface area contributed by atoms with Crippen LogP contribution in [0.5, 0.6) is 0 Å². The predicted octanol–water partition coefficient (Wildman–Crippen LogP) is 1.31. The van der Waals surface area contributed by atoms with E-state index in [9.17, 15) is 0 Å². The van der Waals surface area contributed by atoms with Crippen LogP contribution >= 0.6 is 11.8 Å². The molecule has 1 aromatic heterocycles. The average molecular weight is 224 g/mol. The molecule has 1 aromatic rings. The summed E-state index contributed by atoms with van der Waals surface area (Å²) >= 11 is 2.00. The van der Waals surface area contributed by atoms with Crippen molar-refractivity contribution in [3.63, 3.8) is 0 Å². The lowest BCUT2D eigenvalue weighted by molar-refractivity contribution is 0.686. The van der Waals surface area contributed by atoms with Gasteiger partial charge in [0.2, 0.25) is 0 Å². The molecule has 1 aliphatic heterocycles. The third kappa shape index (κ3) is 2.02. The first-order chi connectivity index (χ1) is 7.20. The van der Waals surface area contributed by atoms with Gasteiger partial charge in [0.15, 0.2) is 0 Å². The van der Waals surface area contributed by atoms with Crippen LogP contribution in [0, 0.1) is 6.92 Å². The minimum Gasteiger partial charge on any atom is -0.383 e. The maximum Gasteiger partial charge on any atom is 0.137 e. The number of nitrogens with zero attached hydrogens (tertiary/aromatic N) is 3. The minimum absolute atomic E-state index is 0.525. The number of hydrogen-bond acceptors (Lipinski definition) is 5. The average Bonchev–Trinajstić information content (AvgIpc) is 2.23. The standard InChI is InChI=1S/C10H16N4S/c1-7-5-15-4-3-14(7)10-8(2)9(11)12-6-13-10/h6-7H,3-5H2,1-2H3,(H2,11,12,13). The molecule has 5 heteroatoms. The summed E-state index contributed by atoms with van der Waals surface area (Å²) in [6.07, 6.45) is 1.55. The zero-order chi connectivity index (χ0) is 10.8. The van der Waals surface area contributed by atoms with Crippen molar-refractivity contribution in [2.24, 2.45) is 0 Å². The molecule has 1 atom stereocenters. The maximum absolute atomic E-state index is 5.79. The summed E-state index contributed by atoms with van der Waals surface area (Å²) < 4.78 is 0. The van der Waals surface area contributed by atoms with Crippen molar-refractivity contribution in [2.45, 2.75) is 19.9 Å². The Labute approximate surface area is 94.3 Å². The molecule has 0 spiro atoms. The molecular formula is C10H16N4S. The smallest absolute Gasteiger partial charge is 0.137 e. The lowest BCUT2D eigenvalue weighted by Gasteiger charge is -2.34. The Hall–Kier alpha value is -0.970. The fourth-order valence-electron chi connectivity index (χ4n) is 1.79. The van der Waals surface area contributed by atoms with Crippen LogP contribution in [0.25, 0.3) is 0 Å². The molecule has 0 amide bonds. The molecule has 1 fully saturated rings. The van der Waals surface area contributed by atoms with Gasteiger partial charge in [0.25, 0.3) is 0 Å². The first-order valence-electron chi connectivity index (χ1n) is 5.11. The van der Waals surface area contributed by atoms with E-state index in [4.69, 9.17) is 5.73 Å². The molecule has 2 rings (SSSR count). The number of thioether (sulfide) groups is 1. The summed E-state index contributed by atoms with van der Waals surface area (Å²) in [5, 5.41) is 0. The van der Waals surface area contributed by atoms with Crippen molar-refractivity contribution in [3.8, 4) is 0 Å². The second-order valence-corrected chi connectivity index (χ2v) is 4.97. The molecule has 1 unspecified atom stereocenters. The van der Waals surface area contributed by atoms with Crippen LogP contribution in [-0.2, 0) is 0 Å². The summed E-state index contributed by atoms with van der Waals surface area (Å²) in [7, 11) is 0. The number of nitrogens with two attached hydrogens (primary N) is 1. The van der Waals surface area contributed by atoms with Crippen molar-refractivity contribution in [3.05, 3.63) is 11.9 Å². The molecule has 82 valence electrons. The number of aromatic nitrogens is 2. The van der Waals surface area contributed by atoms with Crippen molar-refractivity contribution >= 4 is 23.4 Å². The van der Waals surface area contributed by atoms with Gasteiger partial charge in [-0.15, -0.1) is 0 Å². The Morgan fingerprint density at radius 2 is 2.33 bits per heavy atom. The SMILES string of the molecule is Cc1c(N)ncnc1N1CCSCC1C. The van der Waals surface area contributed by atoms with E-state index in [0.717, 1.165) is 29.4 Å². The van der Waals surface area contributed by atoms with E-state index < -0.39 is 0 Å². The van der Waals surface area contributed by atoms with E-state index in [1.807, 2.05) is 18.7 Å². The fourth-order valence-corrected chi connectivity index (χ4v) is 2.80. The summed E-state index contributed by atoms with van der Waals surface area (Å²) in [6.45, 7) is 5.26. The maximum atomic E-state index is 5.79. The Kier molecular flexibility index (Phi) is 3.00. The second kappa shape index (κ2) is 4.26. The van der Waals surface area contributed by atoms with Crippen molar-refractivity contribution in [1.82, 2.24) is 9.97 Å². The van der Waals surface area contributed by atoms with Crippen LogP contribution in [0.15, 0.2) is 6.33 Å². The van der Waals surface area contributed by atoms with Gasteiger partial charge < -0.3 is 10.6 Å². The molecule has 0 aliphatic carbocycles. The summed E-state index contributed by atoms with van der Waals surface area (Å²) in [4.78, 5) is 10.7. The van der Waals surface area contributed by atoms with Gasteiger partial charge in [-0.3, -0.25) is 0 Å². The minimum atomic E-state index is 0.525. The number of anilines is 2. The third-order valence-corrected chi connectivity index (χ3v) is 3.93. The molecule has 4 nitrogen and oxygen atoms in total. The van der Waals surface area contributed by atoms with Gasteiger partial charge >= 0.3 is 0 Å². The van der Waals surface area contributed by atoms with Gasteiger partial charge in [0.1, 0.15) is 18.0 Å². The van der Waals surface area contributed by atoms with Crippen LogP contribution in [-0.4, -0.2) is 34.1 Å². The van der Waals surface area contributed by atoms with E-state index in [-0.39, 0.29) is 0 Å². The molecule has 1 aliphatic rings. The fraction of sp³-hybridized carbons (Fsp3) is 0.600. The highest BCUT2D eigenvalue weighted by Gasteiger charge is 2.22. The van der Waals surface area contributed by atoms with Gasteiger partial charge in [0.05, 0.1) is 0 Å². The third-order valence-electron chi connectivity index (χ3n) is 2.74. The Morgan fingerprint density at radius 3 is 3.07 bits per heavy atom. The first-order valence-corrected chi connectivity index (χ1v) is 6.27. The molecule has 1 saturated heterocycles. The lowest BCUT2D eigenvalue weighted by Crippen LogP contribution is -2.41. The quantitative estimate of drug-likeness (QED) is 0.779. The van der Waals surface area contributed by atoms with Crippen LogP contribution in [0.1, 0.15) is 12.5 Å². The Balaban J connectivity index is 2.31. The number of rotatable bonds is 1. The van der Waals surface area contributed by atoms with Crippen molar-refractivity contribution in [1.29, 1.82) is 0 Å².